The molecule has 6 heteroatoms. The molecule has 1 aromatic heterocycles. The summed E-state index contributed by atoms with van der Waals surface area (Å²) in [6.45, 7) is 2.71. The third-order valence-corrected chi connectivity index (χ3v) is 3.85. The first-order chi connectivity index (χ1) is 11.7. The molecule has 0 atom stereocenters. The van der Waals surface area contributed by atoms with E-state index in [-0.39, 0.29) is 5.91 Å². The number of methoxy groups -OCH3 is 2. The van der Waals surface area contributed by atoms with Crippen molar-refractivity contribution in [1.29, 1.82) is 0 Å². The van der Waals surface area contributed by atoms with Gasteiger partial charge in [0.15, 0.2) is 0 Å². The van der Waals surface area contributed by atoms with Gasteiger partial charge in [-0.3, -0.25) is 10.1 Å². The van der Waals surface area contributed by atoms with Crippen molar-refractivity contribution in [2.45, 2.75) is 13.5 Å². The quantitative estimate of drug-likeness (QED) is 0.781. The van der Waals surface area contributed by atoms with Crippen molar-refractivity contribution < 1.29 is 14.3 Å². The van der Waals surface area contributed by atoms with Crippen LogP contribution in [0.4, 0.5) is 5.95 Å². The Balaban J connectivity index is 1.98. The molecule has 0 saturated heterocycles. The largest absolute Gasteiger partial charge is 0.497 e. The lowest BCUT2D eigenvalue weighted by atomic mass is 10.1. The maximum Gasteiger partial charge on any atom is 0.261 e. The number of aromatic nitrogens is 2. The molecule has 124 valence electrons. The summed E-state index contributed by atoms with van der Waals surface area (Å²) in [4.78, 5) is 17.2. The molecule has 0 unspecified atom stereocenters. The first-order valence-corrected chi connectivity index (χ1v) is 7.66. The molecular formula is C18H19N3O3. The zero-order chi connectivity index (χ0) is 17.1. The number of ether oxygens (including phenoxy) is 2. The average molecular weight is 325 g/mol. The SMILES string of the molecule is CCn1c(NC(=O)c2cc(OC)ccc2OC)nc2ccccc21. The lowest BCUT2D eigenvalue weighted by Gasteiger charge is -2.11. The van der Waals surface area contributed by atoms with Gasteiger partial charge in [-0.2, -0.15) is 0 Å². The van der Waals surface area contributed by atoms with E-state index in [9.17, 15) is 4.79 Å². The third kappa shape index (κ3) is 2.78. The van der Waals surface area contributed by atoms with Crippen LogP contribution in [0.2, 0.25) is 0 Å². The second kappa shape index (κ2) is 6.62. The zero-order valence-corrected chi connectivity index (χ0v) is 13.9. The van der Waals surface area contributed by atoms with E-state index in [1.54, 1.807) is 25.3 Å². The summed E-state index contributed by atoms with van der Waals surface area (Å²) in [5, 5.41) is 2.87. The van der Waals surface area contributed by atoms with E-state index in [0.717, 1.165) is 11.0 Å². The molecular weight excluding hydrogens is 306 g/mol. The Kier molecular flexibility index (Phi) is 4.37. The van der Waals surface area contributed by atoms with Gasteiger partial charge in [-0.25, -0.2) is 4.98 Å². The van der Waals surface area contributed by atoms with Crippen molar-refractivity contribution in [3.63, 3.8) is 0 Å². The summed E-state index contributed by atoms with van der Waals surface area (Å²) in [6.07, 6.45) is 0. The fraction of sp³-hybridized carbons (Fsp3) is 0.222. The van der Waals surface area contributed by atoms with Gasteiger partial charge in [0.05, 0.1) is 30.8 Å². The Morgan fingerprint density at radius 1 is 1.17 bits per heavy atom. The number of nitrogens with zero attached hydrogens (tertiary/aromatic N) is 2. The summed E-state index contributed by atoms with van der Waals surface area (Å²) in [7, 11) is 3.08. The molecule has 0 saturated carbocycles. The predicted molar refractivity (Wildman–Crippen MR) is 92.9 cm³/mol. The van der Waals surface area contributed by atoms with Crippen molar-refractivity contribution in [1.82, 2.24) is 9.55 Å². The Morgan fingerprint density at radius 3 is 2.67 bits per heavy atom. The van der Waals surface area contributed by atoms with E-state index in [2.05, 4.69) is 10.3 Å². The number of anilines is 1. The molecule has 1 N–H and O–H groups in total. The van der Waals surface area contributed by atoms with E-state index in [0.29, 0.717) is 29.6 Å². The van der Waals surface area contributed by atoms with Gasteiger partial charge in [-0.1, -0.05) is 12.1 Å². The maximum absolute atomic E-state index is 12.7. The number of carbonyl (C=O) groups is 1. The molecule has 0 fully saturated rings. The fourth-order valence-corrected chi connectivity index (χ4v) is 2.65. The molecule has 1 amide bonds. The van der Waals surface area contributed by atoms with Crippen LogP contribution in [0.15, 0.2) is 42.5 Å². The van der Waals surface area contributed by atoms with Crippen LogP contribution in [0, 0.1) is 0 Å². The average Bonchev–Trinajstić information content (AvgIpc) is 2.97. The highest BCUT2D eigenvalue weighted by atomic mass is 16.5. The molecule has 0 aliphatic heterocycles. The molecule has 6 nitrogen and oxygen atoms in total. The second-order valence-electron chi connectivity index (χ2n) is 5.19. The first-order valence-electron chi connectivity index (χ1n) is 7.66. The molecule has 0 spiro atoms. The van der Waals surface area contributed by atoms with Crippen LogP contribution in [-0.4, -0.2) is 29.7 Å². The Labute approximate surface area is 140 Å². The summed E-state index contributed by atoms with van der Waals surface area (Å²) in [5.41, 5.74) is 2.21. The molecule has 1 heterocycles. The van der Waals surface area contributed by atoms with E-state index in [4.69, 9.17) is 9.47 Å². The number of imidazole rings is 1. The van der Waals surface area contributed by atoms with Crippen LogP contribution in [0.5, 0.6) is 11.5 Å². The summed E-state index contributed by atoms with van der Waals surface area (Å²) in [5.74, 6) is 1.28. The van der Waals surface area contributed by atoms with Crippen molar-refractivity contribution in [3.05, 3.63) is 48.0 Å². The lowest BCUT2D eigenvalue weighted by molar-refractivity contribution is 0.102. The number of benzene rings is 2. The third-order valence-electron chi connectivity index (χ3n) is 3.85. The van der Waals surface area contributed by atoms with Crippen LogP contribution < -0.4 is 14.8 Å². The molecule has 2 aromatic carbocycles. The highest BCUT2D eigenvalue weighted by Crippen LogP contribution is 2.26. The fourth-order valence-electron chi connectivity index (χ4n) is 2.65. The van der Waals surface area contributed by atoms with E-state index < -0.39 is 0 Å². The molecule has 3 aromatic rings. The molecule has 0 radical (unpaired) electrons. The topological polar surface area (TPSA) is 65.4 Å². The van der Waals surface area contributed by atoms with E-state index in [1.807, 2.05) is 35.8 Å². The van der Waals surface area contributed by atoms with Gasteiger partial charge in [0.1, 0.15) is 11.5 Å². The summed E-state index contributed by atoms with van der Waals surface area (Å²) >= 11 is 0. The van der Waals surface area contributed by atoms with E-state index >= 15 is 0 Å². The molecule has 0 aliphatic rings. The van der Waals surface area contributed by atoms with Gasteiger partial charge in [0.25, 0.3) is 5.91 Å². The number of hydrogen-bond acceptors (Lipinski definition) is 4. The number of nitrogens with one attached hydrogen (secondary N) is 1. The minimum atomic E-state index is -0.296. The summed E-state index contributed by atoms with van der Waals surface area (Å²) in [6, 6.07) is 12.9. The van der Waals surface area contributed by atoms with Crippen molar-refractivity contribution in [2.75, 3.05) is 19.5 Å². The Morgan fingerprint density at radius 2 is 1.96 bits per heavy atom. The highest BCUT2D eigenvalue weighted by molar-refractivity contribution is 6.06. The van der Waals surface area contributed by atoms with Crippen molar-refractivity contribution in [3.8, 4) is 11.5 Å². The Hall–Kier alpha value is -3.02. The standard InChI is InChI=1S/C18H19N3O3/c1-4-21-15-8-6-5-7-14(15)19-18(21)20-17(22)13-11-12(23-2)9-10-16(13)24-3/h5-11H,4H2,1-3H3,(H,19,20,22). The predicted octanol–water partition coefficient (Wildman–Crippen LogP) is 3.33. The van der Waals surface area contributed by atoms with Crippen LogP contribution in [0.3, 0.4) is 0 Å². The first kappa shape index (κ1) is 15.9. The van der Waals surface area contributed by atoms with Crippen LogP contribution in [0.25, 0.3) is 11.0 Å². The number of fused-ring (bicyclic) bond motifs is 1. The smallest absolute Gasteiger partial charge is 0.261 e. The monoisotopic (exact) mass is 325 g/mol. The van der Waals surface area contributed by atoms with Gasteiger partial charge >= 0.3 is 0 Å². The Bertz CT molecular complexity index is 886. The minimum Gasteiger partial charge on any atom is -0.497 e. The normalized spacial score (nSPS) is 10.6. The van der Waals surface area contributed by atoms with Gasteiger partial charge in [0, 0.05) is 6.54 Å². The molecule has 24 heavy (non-hydrogen) atoms. The number of hydrogen-bond donors (Lipinski definition) is 1. The van der Waals surface area contributed by atoms with Gasteiger partial charge in [-0.05, 0) is 37.3 Å². The van der Waals surface area contributed by atoms with Crippen LogP contribution >= 0.6 is 0 Å². The van der Waals surface area contributed by atoms with Crippen molar-refractivity contribution >= 4 is 22.9 Å². The highest BCUT2D eigenvalue weighted by Gasteiger charge is 2.17. The van der Waals surface area contributed by atoms with Crippen LogP contribution in [-0.2, 0) is 6.54 Å². The number of amides is 1. The number of para-hydroxylation sites is 2. The number of aryl methyl sites for hydroxylation is 1. The zero-order valence-electron chi connectivity index (χ0n) is 13.9. The second-order valence-corrected chi connectivity index (χ2v) is 5.19. The lowest BCUT2D eigenvalue weighted by Crippen LogP contribution is -2.16. The van der Waals surface area contributed by atoms with Gasteiger partial charge in [0.2, 0.25) is 5.95 Å². The van der Waals surface area contributed by atoms with E-state index in [1.165, 1.54) is 7.11 Å². The maximum atomic E-state index is 12.7. The summed E-state index contributed by atoms with van der Waals surface area (Å²) < 4.78 is 12.4. The van der Waals surface area contributed by atoms with Crippen molar-refractivity contribution in [2.24, 2.45) is 0 Å². The number of rotatable bonds is 5. The van der Waals surface area contributed by atoms with Gasteiger partial charge in [-0.15, -0.1) is 0 Å². The molecule has 3 rings (SSSR count). The molecule has 0 bridgehead atoms. The minimum absolute atomic E-state index is 0.296. The molecule has 0 aliphatic carbocycles. The van der Waals surface area contributed by atoms with Gasteiger partial charge < -0.3 is 14.0 Å². The van der Waals surface area contributed by atoms with Crippen LogP contribution in [0.1, 0.15) is 17.3 Å². The number of carbonyl (C=O) groups excluding carboxylic acids is 1.